The Morgan fingerprint density at radius 3 is 2.59 bits per heavy atom. The fraction of sp³-hybridized carbons (Fsp3) is 0.471. The molecular weight excluding hydrogens is 584 g/mol. The number of hydrogen-bond acceptors (Lipinski definition) is 8. The lowest BCUT2D eigenvalue weighted by Crippen LogP contribution is -2.44. The second-order valence-corrected chi connectivity index (χ2v) is 11.9. The van der Waals surface area contributed by atoms with Crippen molar-refractivity contribution >= 4 is 29.1 Å². The summed E-state index contributed by atoms with van der Waals surface area (Å²) in [4.78, 5) is 31.7. The molecule has 0 radical (unpaired) electrons. The van der Waals surface area contributed by atoms with Crippen LogP contribution in [0.15, 0.2) is 65.9 Å². The lowest BCUT2D eigenvalue weighted by molar-refractivity contribution is -0.362. The highest BCUT2D eigenvalue weighted by Crippen LogP contribution is 2.28. The van der Waals surface area contributed by atoms with Crippen molar-refractivity contribution in [1.29, 1.82) is 0 Å². The number of piperidine rings is 2. The number of likely N-dealkylation sites (tertiary alicyclic amines) is 1. The summed E-state index contributed by atoms with van der Waals surface area (Å²) in [6, 6.07) is 15.5. The van der Waals surface area contributed by atoms with Crippen molar-refractivity contribution in [2.75, 3.05) is 70.8 Å². The highest BCUT2D eigenvalue weighted by molar-refractivity contribution is 5.97. The first-order chi connectivity index (χ1) is 22.4. The van der Waals surface area contributed by atoms with Crippen LogP contribution < -0.4 is 25.7 Å². The topological polar surface area (TPSA) is 132 Å². The van der Waals surface area contributed by atoms with Crippen molar-refractivity contribution in [3.63, 3.8) is 0 Å². The van der Waals surface area contributed by atoms with E-state index in [-0.39, 0.29) is 24.0 Å². The van der Waals surface area contributed by atoms with E-state index in [0.29, 0.717) is 37.1 Å². The third-order valence-electron chi connectivity index (χ3n) is 8.61. The largest absolute Gasteiger partial charge is 0.475 e. The van der Waals surface area contributed by atoms with Crippen LogP contribution in [0.25, 0.3) is 0 Å². The number of carbonyl (C=O) groups is 1. The van der Waals surface area contributed by atoms with Gasteiger partial charge in [-0.3, -0.25) is 4.79 Å². The first-order valence-electron chi connectivity index (χ1n) is 16.0. The van der Waals surface area contributed by atoms with Gasteiger partial charge in [0.15, 0.2) is 0 Å². The number of carbonyl (C=O) groups excluding carboxylic acids is 1. The smallest absolute Gasteiger partial charge is 0.348 e. The normalized spacial score (nSPS) is 16.8. The van der Waals surface area contributed by atoms with E-state index in [9.17, 15) is 4.79 Å². The average Bonchev–Trinajstić information content (AvgIpc) is 3.08. The SMILES string of the molecule is COCCOc1cc(COC2CCN(c3ccc[nH+]c3/N=C(\N)Nc3ccc(C(=O)N(C)C4CCN(C)CC4)cc3)CC2)ccn1. The zero-order chi connectivity index (χ0) is 32.3. The van der Waals surface area contributed by atoms with Crippen LogP contribution in [-0.4, -0.2) is 99.4 Å². The standard InChI is InChI=1S/C34H46N8O4/c1-40-17-11-28(12-18-40)41(2)33(43)26-6-8-27(9-7-26)38-34(35)39-32-30(5-4-15-37-32)42-19-13-29(14-20-42)46-24-25-10-16-36-31(23-25)45-22-21-44-3/h4-10,15-16,23,28-29H,11-14,17-22,24H2,1-3H3,(H3,35,37,38,39)/p+1. The highest BCUT2D eigenvalue weighted by atomic mass is 16.5. The number of amides is 1. The predicted molar refractivity (Wildman–Crippen MR) is 179 cm³/mol. The molecule has 46 heavy (non-hydrogen) atoms. The second kappa shape index (κ2) is 16.3. The van der Waals surface area contributed by atoms with Gasteiger partial charge in [-0.2, -0.15) is 0 Å². The van der Waals surface area contributed by atoms with Crippen LogP contribution in [0.4, 0.5) is 17.2 Å². The van der Waals surface area contributed by atoms with Crippen LogP contribution in [0.1, 0.15) is 41.6 Å². The van der Waals surface area contributed by atoms with Gasteiger partial charge in [0.2, 0.25) is 5.88 Å². The Hall–Kier alpha value is -4.26. The van der Waals surface area contributed by atoms with Crippen molar-refractivity contribution in [3.05, 3.63) is 72.1 Å². The quantitative estimate of drug-likeness (QED) is 0.176. The molecule has 246 valence electrons. The Morgan fingerprint density at radius 1 is 1.09 bits per heavy atom. The number of aromatic nitrogens is 2. The van der Waals surface area contributed by atoms with E-state index in [4.69, 9.17) is 19.9 Å². The summed E-state index contributed by atoms with van der Waals surface area (Å²) in [5.41, 5.74) is 9.77. The maximum atomic E-state index is 13.1. The summed E-state index contributed by atoms with van der Waals surface area (Å²) < 4.78 is 16.9. The number of nitrogens with zero attached hydrogens (tertiary/aromatic N) is 5. The van der Waals surface area contributed by atoms with Crippen LogP contribution in [0.5, 0.6) is 5.88 Å². The summed E-state index contributed by atoms with van der Waals surface area (Å²) in [5.74, 6) is 1.55. The number of guanidine groups is 1. The molecule has 0 unspecified atom stereocenters. The van der Waals surface area contributed by atoms with Gasteiger partial charge < -0.3 is 40.0 Å². The number of methoxy groups -OCH3 is 1. The van der Waals surface area contributed by atoms with Gasteiger partial charge in [-0.15, -0.1) is 0 Å². The Balaban J connectivity index is 1.12. The summed E-state index contributed by atoms with van der Waals surface area (Å²) >= 11 is 0. The molecule has 0 bridgehead atoms. The Bertz CT molecular complexity index is 1440. The van der Waals surface area contributed by atoms with Gasteiger partial charge in [0, 0.05) is 56.8 Å². The fourth-order valence-electron chi connectivity index (χ4n) is 5.83. The number of nitrogens with one attached hydrogen (secondary N) is 2. The maximum Gasteiger partial charge on any atom is 0.348 e. The van der Waals surface area contributed by atoms with E-state index < -0.39 is 0 Å². The number of aliphatic imine (C=N–C) groups is 1. The molecule has 0 spiro atoms. The number of anilines is 2. The van der Waals surface area contributed by atoms with Crippen LogP contribution in [0, 0.1) is 0 Å². The monoisotopic (exact) mass is 631 g/mol. The predicted octanol–water partition coefficient (Wildman–Crippen LogP) is 3.33. The molecule has 2 aromatic heterocycles. The second-order valence-electron chi connectivity index (χ2n) is 11.9. The van der Waals surface area contributed by atoms with Crippen molar-refractivity contribution in [3.8, 4) is 5.88 Å². The first-order valence-corrected chi connectivity index (χ1v) is 16.0. The van der Waals surface area contributed by atoms with Crippen LogP contribution in [0.3, 0.4) is 0 Å². The number of nitrogens with two attached hydrogens (primary N) is 1. The lowest BCUT2D eigenvalue weighted by atomic mass is 10.0. The first kappa shape index (κ1) is 33.1. The van der Waals surface area contributed by atoms with Gasteiger partial charge in [0.05, 0.1) is 25.5 Å². The van der Waals surface area contributed by atoms with Gasteiger partial charge in [0.25, 0.3) is 5.91 Å². The molecule has 0 aliphatic carbocycles. The number of rotatable bonds is 12. The minimum absolute atomic E-state index is 0.0373. The van der Waals surface area contributed by atoms with Crippen LogP contribution in [0.2, 0.25) is 0 Å². The summed E-state index contributed by atoms with van der Waals surface area (Å²) in [7, 11) is 5.67. The van der Waals surface area contributed by atoms with Crippen LogP contribution >= 0.6 is 0 Å². The number of aromatic amines is 1. The molecule has 1 amide bonds. The molecule has 2 saturated heterocycles. The zero-order valence-electron chi connectivity index (χ0n) is 27.2. The van der Waals surface area contributed by atoms with E-state index >= 15 is 0 Å². The summed E-state index contributed by atoms with van der Waals surface area (Å²) in [6.45, 7) is 5.18. The number of benzene rings is 1. The minimum atomic E-state index is 0.0373. The third-order valence-corrected chi connectivity index (χ3v) is 8.61. The van der Waals surface area contributed by atoms with Gasteiger partial charge in [-0.25, -0.2) is 9.97 Å². The van der Waals surface area contributed by atoms with Crippen molar-refractivity contribution < 1.29 is 24.0 Å². The van der Waals surface area contributed by atoms with Gasteiger partial charge >= 0.3 is 11.8 Å². The Morgan fingerprint density at radius 2 is 1.85 bits per heavy atom. The molecule has 2 aliphatic rings. The fourth-order valence-corrected chi connectivity index (χ4v) is 5.83. The molecule has 12 nitrogen and oxygen atoms in total. The van der Waals surface area contributed by atoms with E-state index in [1.807, 2.05) is 66.7 Å². The van der Waals surface area contributed by atoms with E-state index in [0.717, 1.165) is 68.8 Å². The number of pyridine rings is 2. The molecule has 12 heteroatoms. The molecule has 0 atom stereocenters. The third kappa shape index (κ3) is 9.15. The molecule has 4 N–H and O–H groups in total. The minimum Gasteiger partial charge on any atom is -0.475 e. The maximum absolute atomic E-state index is 13.1. The summed E-state index contributed by atoms with van der Waals surface area (Å²) in [5, 5.41) is 3.16. The van der Waals surface area contributed by atoms with Gasteiger partial charge in [0.1, 0.15) is 12.3 Å². The number of hydrogen-bond donors (Lipinski definition) is 2. The molecule has 3 aromatic rings. The molecule has 2 aliphatic heterocycles. The number of H-pyrrole nitrogens is 1. The molecule has 5 rings (SSSR count). The highest BCUT2D eigenvalue weighted by Gasteiger charge is 2.26. The Labute approximate surface area is 271 Å². The molecule has 4 heterocycles. The van der Waals surface area contributed by atoms with Crippen molar-refractivity contribution in [2.45, 2.75) is 44.4 Å². The molecule has 2 fully saturated rings. The molecular formula is C34H47N8O4+. The van der Waals surface area contributed by atoms with Crippen LogP contribution in [-0.2, 0) is 16.1 Å². The van der Waals surface area contributed by atoms with Crippen molar-refractivity contribution in [1.82, 2.24) is 14.8 Å². The zero-order valence-corrected chi connectivity index (χ0v) is 27.2. The van der Waals surface area contributed by atoms with Gasteiger partial charge in [-0.1, -0.05) is 0 Å². The number of ether oxygens (including phenoxy) is 3. The molecule has 1 aromatic carbocycles. The van der Waals surface area contributed by atoms with E-state index in [2.05, 4.69) is 37.1 Å². The summed E-state index contributed by atoms with van der Waals surface area (Å²) in [6.07, 6.45) is 7.52. The average molecular weight is 632 g/mol. The van der Waals surface area contributed by atoms with Crippen molar-refractivity contribution in [2.24, 2.45) is 10.7 Å². The van der Waals surface area contributed by atoms with E-state index in [1.165, 1.54) is 0 Å². The van der Waals surface area contributed by atoms with Gasteiger partial charge in [-0.05, 0) is 98.8 Å². The Kier molecular flexibility index (Phi) is 11.8. The lowest BCUT2D eigenvalue weighted by Gasteiger charge is -2.35. The van der Waals surface area contributed by atoms with E-state index in [1.54, 1.807) is 13.3 Å². The molecule has 0 saturated carbocycles.